The molecule has 0 saturated heterocycles. The zero-order valence-corrected chi connectivity index (χ0v) is 27.0. The Bertz CT molecular complexity index is 1440. The molecular weight excluding hydrogens is 652 g/mol. The van der Waals surface area contributed by atoms with E-state index >= 15 is 0 Å². The van der Waals surface area contributed by atoms with Crippen LogP contribution in [0.2, 0.25) is 0 Å². The van der Waals surface area contributed by atoms with Gasteiger partial charge in [-0.05, 0) is 61.1 Å². The van der Waals surface area contributed by atoms with Crippen molar-refractivity contribution in [3.63, 3.8) is 0 Å². The van der Waals surface area contributed by atoms with Crippen LogP contribution in [0.5, 0.6) is 11.5 Å². The summed E-state index contributed by atoms with van der Waals surface area (Å²) < 4.78 is 7.78. The summed E-state index contributed by atoms with van der Waals surface area (Å²) in [5.41, 5.74) is 3.06. The summed E-state index contributed by atoms with van der Waals surface area (Å²) in [5.74, 6) is -1.49. The van der Waals surface area contributed by atoms with E-state index in [1.54, 1.807) is 6.07 Å². The molecule has 0 fully saturated rings. The van der Waals surface area contributed by atoms with Crippen LogP contribution >= 0.6 is 31.9 Å². The second-order valence-corrected chi connectivity index (χ2v) is 12.3. The summed E-state index contributed by atoms with van der Waals surface area (Å²) in [4.78, 5) is 25.6. The first kappa shape index (κ1) is 31.1. The number of benzene rings is 3. The normalized spacial score (nSPS) is 13.8. The number of carbonyl (C=O) groups is 2. The maximum absolute atomic E-state index is 13.7. The van der Waals surface area contributed by atoms with Crippen molar-refractivity contribution in [2.45, 2.75) is 84.7 Å². The van der Waals surface area contributed by atoms with E-state index < -0.39 is 17.5 Å². The van der Waals surface area contributed by atoms with Crippen molar-refractivity contribution >= 4 is 43.8 Å². The number of aromatic carboxylic acids is 1. The number of halogens is 2. The number of phenolic OH excluding ortho intramolecular Hbond substituents is 2. The fraction of sp³-hybridized carbons (Fsp3) is 0.394. The van der Waals surface area contributed by atoms with E-state index in [1.165, 1.54) is 12.1 Å². The number of aryl methyl sites for hydroxylation is 2. The molecule has 0 spiro atoms. The number of rotatable bonds is 11. The first-order valence-electron chi connectivity index (χ1n) is 14.3. The highest BCUT2D eigenvalue weighted by atomic mass is 79.9. The van der Waals surface area contributed by atoms with E-state index in [1.807, 2.05) is 39.8 Å². The van der Waals surface area contributed by atoms with Gasteiger partial charge in [0, 0.05) is 36.8 Å². The average Bonchev–Trinajstić information content (AvgIpc) is 3.21. The van der Waals surface area contributed by atoms with E-state index in [-0.39, 0.29) is 22.6 Å². The molecule has 218 valence electrons. The third-order valence-corrected chi connectivity index (χ3v) is 8.97. The molecular formula is C33H36Br2O6. The van der Waals surface area contributed by atoms with Crippen LogP contribution in [0, 0.1) is 0 Å². The van der Waals surface area contributed by atoms with Crippen LogP contribution in [0.25, 0.3) is 0 Å². The van der Waals surface area contributed by atoms with Gasteiger partial charge in [-0.3, -0.25) is 0 Å². The van der Waals surface area contributed by atoms with Crippen LogP contribution in [-0.4, -0.2) is 27.3 Å². The average molecular weight is 688 g/mol. The predicted molar refractivity (Wildman–Crippen MR) is 166 cm³/mol. The number of fused-ring (bicyclic) bond motifs is 1. The second kappa shape index (κ2) is 12.6. The number of hydrogen-bond donors (Lipinski definition) is 3. The topological polar surface area (TPSA) is 104 Å². The third kappa shape index (κ3) is 5.29. The second-order valence-electron chi connectivity index (χ2n) is 10.6. The number of carbonyl (C=O) groups excluding carboxylic acids is 1. The lowest BCUT2D eigenvalue weighted by Gasteiger charge is -2.36. The van der Waals surface area contributed by atoms with Gasteiger partial charge in [-0.25, -0.2) is 9.59 Å². The van der Waals surface area contributed by atoms with Gasteiger partial charge in [0.1, 0.15) is 11.5 Å². The minimum atomic E-state index is -1.57. The molecule has 3 N–H and O–H groups in total. The Morgan fingerprint density at radius 2 is 1.24 bits per heavy atom. The Labute approximate surface area is 258 Å². The molecule has 0 unspecified atom stereocenters. The summed E-state index contributed by atoms with van der Waals surface area (Å²) in [7, 11) is 0. The SMILES string of the molecule is CCCc1cc(Br)c(C2(c3c(Br)cc(CCC)c(O)c3CCC)OC(=O)c3cc(C(=O)O)ccc32)c(CCC)c1O. The van der Waals surface area contributed by atoms with Gasteiger partial charge in [0.15, 0.2) is 5.60 Å². The molecule has 0 aliphatic carbocycles. The first-order chi connectivity index (χ1) is 19.6. The standard InChI is InChI=1S/C33H36Br2O6/c1-5-9-18-16-25(34)27(21(11-7-3)29(18)36)33(24-14-13-20(31(38)39)15-23(24)32(40)41-33)28-22(12-8-4)30(37)19(10-6-2)17-26(28)35/h13-17,36-37H,5-12H2,1-4H3,(H,38,39). The lowest BCUT2D eigenvalue weighted by atomic mass is 9.73. The van der Waals surface area contributed by atoms with Crippen LogP contribution in [0.3, 0.4) is 0 Å². The molecule has 4 rings (SSSR count). The van der Waals surface area contributed by atoms with Crippen molar-refractivity contribution in [1.82, 2.24) is 0 Å². The van der Waals surface area contributed by atoms with Crippen LogP contribution in [0.1, 0.15) is 113 Å². The number of carboxylic acids is 1. The van der Waals surface area contributed by atoms with Crippen molar-refractivity contribution in [2.75, 3.05) is 0 Å². The van der Waals surface area contributed by atoms with E-state index in [2.05, 4.69) is 31.9 Å². The third-order valence-electron chi connectivity index (χ3n) is 7.72. The Kier molecular flexibility index (Phi) is 9.54. The summed E-state index contributed by atoms with van der Waals surface area (Å²) in [6.07, 6.45) is 5.49. The fourth-order valence-corrected chi connectivity index (χ4v) is 7.66. The number of hydrogen-bond acceptors (Lipinski definition) is 5. The molecule has 1 aliphatic heterocycles. The van der Waals surface area contributed by atoms with Crippen molar-refractivity contribution in [1.29, 1.82) is 0 Å². The highest BCUT2D eigenvalue weighted by Gasteiger charge is 2.53. The maximum atomic E-state index is 13.7. The van der Waals surface area contributed by atoms with Gasteiger partial charge in [0.05, 0.1) is 11.1 Å². The number of esters is 1. The largest absolute Gasteiger partial charge is 0.507 e. The van der Waals surface area contributed by atoms with Crippen LogP contribution in [0.15, 0.2) is 39.3 Å². The zero-order chi connectivity index (χ0) is 30.1. The van der Waals surface area contributed by atoms with Crippen LogP contribution < -0.4 is 0 Å². The van der Waals surface area contributed by atoms with Gasteiger partial charge in [-0.2, -0.15) is 0 Å². The molecule has 3 aromatic carbocycles. The molecule has 8 heteroatoms. The monoisotopic (exact) mass is 686 g/mol. The molecule has 0 saturated carbocycles. The molecule has 3 aromatic rings. The highest BCUT2D eigenvalue weighted by Crippen LogP contribution is 2.56. The molecule has 41 heavy (non-hydrogen) atoms. The van der Waals surface area contributed by atoms with Crippen molar-refractivity contribution in [3.8, 4) is 11.5 Å². The van der Waals surface area contributed by atoms with Crippen LogP contribution in [-0.2, 0) is 36.0 Å². The Balaban J connectivity index is 2.25. The molecule has 0 atom stereocenters. The Morgan fingerprint density at radius 3 is 1.66 bits per heavy atom. The first-order valence-corrected chi connectivity index (χ1v) is 15.8. The number of carboxylic acid groups (broad SMARTS) is 1. The van der Waals surface area contributed by atoms with Crippen molar-refractivity contribution in [2.24, 2.45) is 0 Å². The molecule has 0 radical (unpaired) electrons. The van der Waals surface area contributed by atoms with Crippen molar-refractivity contribution < 1.29 is 29.6 Å². The molecule has 6 nitrogen and oxygen atoms in total. The van der Waals surface area contributed by atoms with Gasteiger partial charge in [0.2, 0.25) is 0 Å². The quantitative estimate of drug-likeness (QED) is 0.175. The van der Waals surface area contributed by atoms with Crippen LogP contribution in [0.4, 0.5) is 0 Å². The Hall–Kier alpha value is -2.84. The molecule has 0 bridgehead atoms. The molecule has 1 aliphatic rings. The minimum Gasteiger partial charge on any atom is -0.507 e. The van der Waals surface area contributed by atoms with Gasteiger partial charge in [0.25, 0.3) is 0 Å². The molecule has 1 heterocycles. The van der Waals surface area contributed by atoms with E-state index in [0.717, 1.165) is 36.8 Å². The summed E-state index contributed by atoms with van der Waals surface area (Å²) >= 11 is 7.59. The number of phenols is 2. The smallest absolute Gasteiger partial charge is 0.340 e. The number of ether oxygens (including phenoxy) is 1. The summed E-state index contributed by atoms with van der Waals surface area (Å²) in [6, 6.07) is 8.20. The molecule has 0 aromatic heterocycles. The number of aromatic hydroxyl groups is 2. The lowest BCUT2D eigenvalue weighted by molar-refractivity contribution is 0.0240. The fourth-order valence-electron chi connectivity index (χ4n) is 6.07. The summed E-state index contributed by atoms with van der Waals surface area (Å²) in [6.45, 7) is 8.14. The maximum Gasteiger partial charge on any atom is 0.340 e. The van der Waals surface area contributed by atoms with Gasteiger partial charge >= 0.3 is 11.9 Å². The minimum absolute atomic E-state index is 0.0283. The van der Waals surface area contributed by atoms with Gasteiger partial charge < -0.3 is 20.1 Å². The highest BCUT2D eigenvalue weighted by molar-refractivity contribution is 9.10. The Morgan fingerprint density at radius 1 is 0.780 bits per heavy atom. The predicted octanol–water partition coefficient (Wildman–Crippen LogP) is 8.59. The van der Waals surface area contributed by atoms with E-state index in [0.29, 0.717) is 62.4 Å². The lowest BCUT2D eigenvalue weighted by Crippen LogP contribution is -2.33. The van der Waals surface area contributed by atoms with Crippen molar-refractivity contribution in [3.05, 3.63) is 89.3 Å². The molecule has 0 amide bonds. The van der Waals surface area contributed by atoms with Gasteiger partial charge in [-0.15, -0.1) is 0 Å². The number of cyclic esters (lactones) is 1. The van der Waals surface area contributed by atoms with Gasteiger partial charge in [-0.1, -0.05) is 91.3 Å². The summed E-state index contributed by atoms with van der Waals surface area (Å²) in [5, 5.41) is 32.9. The van der Waals surface area contributed by atoms with E-state index in [9.17, 15) is 24.9 Å². The zero-order valence-electron chi connectivity index (χ0n) is 23.9. The van der Waals surface area contributed by atoms with E-state index in [4.69, 9.17) is 4.74 Å².